The molecule has 2 aromatic heterocycles. The maximum Gasteiger partial charge on any atom is 0.322 e. The molecule has 20 heavy (non-hydrogen) atoms. The fourth-order valence-corrected chi connectivity index (χ4v) is 2.38. The number of hydrogen-bond donors (Lipinski definition) is 1. The Morgan fingerprint density at radius 2 is 2.25 bits per heavy atom. The van der Waals surface area contributed by atoms with E-state index in [0.29, 0.717) is 23.2 Å². The summed E-state index contributed by atoms with van der Waals surface area (Å²) in [6.45, 7) is 4.12. The molecule has 0 aliphatic carbocycles. The van der Waals surface area contributed by atoms with Crippen LogP contribution < -0.4 is 5.32 Å². The van der Waals surface area contributed by atoms with Crippen LogP contribution in [0.25, 0.3) is 0 Å². The quantitative estimate of drug-likeness (QED) is 0.507. The predicted molar refractivity (Wildman–Crippen MR) is 73.7 cm³/mol. The van der Waals surface area contributed by atoms with Crippen LogP contribution >= 0.6 is 11.8 Å². The van der Waals surface area contributed by atoms with Gasteiger partial charge in [-0.1, -0.05) is 0 Å². The van der Waals surface area contributed by atoms with Crippen molar-refractivity contribution < 1.29 is 4.92 Å². The summed E-state index contributed by atoms with van der Waals surface area (Å²) < 4.78 is 0. The van der Waals surface area contributed by atoms with Crippen LogP contribution in [-0.4, -0.2) is 31.4 Å². The van der Waals surface area contributed by atoms with E-state index in [1.807, 2.05) is 6.92 Å². The third-order valence-corrected chi connectivity index (χ3v) is 3.23. The number of hydrogen-bond acceptors (Lipinski definition) is 8. The van der Waals surface area contributed by atoms with Crippen molar-refractivity contribution >= 4 is 23.4 Å². The lowest BCUT2D eigenvalue weighted by Crippen LogP contribution is -2.07. The van der Waals surface area contributed by atoms with Crippen LogP contribution in [-0.2, 0) is 0 Å². The lowest BCUT2D eigenvalue weighted by molar-refractivity contribution is -0.389. The van der Waals surface area contributed by atoms with E-state index in [1.165, 1.54) is 6.33 Å². The summed E-state index contributed by atoms with van der Waals surface area (Å²) in [5.41, 5.74) is 0.216. The molecule has 0 fully saturated rings. The summed E-state index contributed by atoms with van der Waals surface area (Å²) in [6, 6.07) is 1.67. The highest BCUT2D eigenvalue weighted by Gasteiger charge is 2.23. The minimum atomic E-state index is -0.478. The maximum absolute atomic E-state index is 11.2. The minimum absolute atomic E-state index is 0.102. The number of rotatable bonds is 5. The molecule has 0 saturated heterocycles. The van der Waals surface area contributed by atoms with Gasteiger partial charge in [-0.15, -0.1) is 0 Å². The molecule has 0 bridgehead atoms. The molecule has 2 rings (SSSR count). The summed E-state index contributed by atoms with van der Waals surface area (Å²) in [4.78, 5) is 26.8. The van der Waals surface area contributed by atoms with E-state index in [4.69, 9.17) is 0 Å². The summed E-state index contributed by atoms with van der Waals surface area (Å²) in [7, 11) is 0. The molecule has 2 heterocycles. The second-order valence-electron chi connectivity index (χ2n) is 3.72. The smallest absolute Gasteiger partial charge is 0.322 e. The third kappa shape index (κ3) is 3.18. The normalized spacial score (nSPS) is 10.3. The van der Waals surface area contributed by atoms with Crippen molar-refractivity contribution in [1.29, 1.82) is 0 Å². The van der Waals surface area contributed by atoms with Crippen LogP contribution in [0.1, 0.15) is 12.6 Å². The van der Waals surface area contributed by atoms with Crippen molar-refractivity contribution in [2.75, 3.05) is 11.9 Å². The van der Waals surface area contributed by atoms with Crippen molar-refractivity contribution in [2.24, 2.45) is 0 Å². The molecular weight excluding hydrogens is 280 g/mol. The van der Waals surface area contributed by atoms with Gasteiger partial charge in [-0.05, 0) is 31.7 Å². The molecule has 1 N–H and O–H groups in total. The number of nitro groups is 1. The van der Waals surface area contributed by atoms with Gasteiger partial charge < -0.3 is 5.32 Å². The van der Waals surface area contributed by atoms with E-state index < -0.39 is 4.92 Å². The number of aromatic nitrogens is 4. The van der Waals surface area contributed by atoms with Crippen LogP contribution in [0.2, 0.25) is 0 Å². The number of anilines is 1. The van der Waals surface area contributed by atoms with Crippen molar-refractivity contribution in [3.63, 3.8) is 0 Å². The molecule has 0 unspecified atom stereocenters. The topological polar surface area (TPSA) is 107 Å². The Kier molecular flexibility index (Phi) is 4.41. The van der Waals surface area contributed by atoms with Crippen molar-refractivity contribution in [3.8, 4) is 0 Å². The zero-order valence-electron chi connectivity index (χ0n) is 10.9. The van der Waals surface area contributed by atoms with Gasteiger partial charge in [0.05, 0.1) is 4.92 Å². The van der Waals surface area contributed by atoms with Crippen LogP contribution in [0.15, 0.2) is 28.6 Å². The van der Waals surface area contributed by atoms with E-state index in [0.717, 1.165) is 11.8 Å². The molecule has 0 aliphatic rings. The van der Waals surface area contributed by atoms with Gasteiger partial charge >= 0.3 is 5.69 Å². The highest BCUT2D eigenvalue weighted by Crippen LogP contribution is 2.34. The molecule has 0 aromatic carbocycles. The fraction of sp³-hybridized carbons (Fsp3) is 0.273. The third-order valence-electron chi connectivity index (χ3n) is 2.30. The van der Waals surface area contributed by atoms with Gasteiger partial charge in [0.25, 0.3) is 0 Å². The monoisotopic (exact) mass is 292 g/mol. The van der Waals surface area contributed by atoms with E-state index >= 15 is 0 Å². The number of nitrogens with zero attached hydrogens (tertiary/aromatic N) is 5. The van der Waals surface area contributed by atoms with E-state index in [2.05, 4.69) is 25.3 Å². The van der Waals surface area contributed by atoms with Crippen molar-refractivity contribution in [1.82, 2.24) is 19.9 Å². The Balaban J connectivity index is 2.45. The van der Waals surface area contributed by atoms with Crippen LogP contribution in [0.5, 0.6) is 0 Å². The Labute approximate surface area is 119 Å². The molecule has 2 aromatic rings. The molecule has 0 radical (unpaired) electrons. The SMILES string of the molecule is CCNc1nc(C)c([N+](=O)[O-])c(Sc2ccncn2)n1. The largest absolute Gasteiger partial charge is 0.354 e. The van der Waals surface area contributed by atoms with Crippen LogP contribution in [0.4, 0.5) is 11.6 Å². The first-order chi connectivity index (χ1) is 9.61. The Morgan fingerprint density at radius 1 is 1.45 bits per heavy atom. The summed E-state index contributed by atoms with van der Waals surface area (Å²) in [5, 5.41) is 15.0. The Bertz CT molecular complexity index is 622. The van der Waals surface area contributed by atoms with Crippen molar-refractivity contribution in [3.05, 3.63) is 34.4 Å². The highest BCUT2D eigenvalue weighted by atomic mass is 32.2. The number of nitrogens with one attached hydrogen (secondary N) is 1. The molecule has 9 heteroatoms. The van der Waals surface area contributed by atoms with Crippen molar-refractivity contribution in [2.45, 2.75) is 23.9 Å². The van der Waals surface area contributed by atoms with Gasteiger partial charge in [-0.3, -0.25) is 10.1 Å². The van der Waals surface area contributed by atoms with Gasteiger partial charge in [-0.2, -0.15) is 4.98 Å². The highest BCUT2D eigenvalue weighted by molar-refractivity contribution is 7.99. The Hall–Kier alpha value is -2.29. The van der Waals surface area contributed by atoms with E-state index in [9.17, 15) is 10.1 Å². The van der Waals surface area contributed by atoms with Crippen LogP contribution in [0.3, 0.4) is 0 Å². The maximum atomic E-state index is 11.2. The molecule has 104 valence electrons. The summed E-state index contributed by atoms with van der Waals surface area (Å²) in [6.07, 6.45) is 2.95. The lowest BCUT2D eigenvalue weighted by atomic mass is 10.4. The van der Waals surface area contributed by atoms with Crippen LogP contribution in [0, 0.1) is 17.0 Å². The minimum Gasteiger partial charge on any atom is -0.354 e. The first-order valence-electron chi connectivity index (χ1n) is 5.82. The molecule has 8 nitrogen and oxygen atoms in total. The van der Waals surface area contributed by atoms with E-state index in [-0.39, 0.29) is 10.7 Å². The molecule has 0 amide bonds. The molecule has 0 atom stereocenters. The van der Waals surface area contributed by atoms with Gasteiger partial charge in [0, 0.05) is 12.7 Å². The second kappa shape index (κ2) is 6.24. The zero-order valence-corrected chi connectivity index (χ0v) is 11.7. The first kappa shape index (κ1) is 14.1. The average Bonchev–Trinajstić information content (AvgIpc) is 2.39. The summed E-state index contributed by atoms with van der Waals surface area (Å²) in [5.74, 6) is 0.368. The second-order valence-corrected chi connectivity index (χ2v) is 4.73. The molecule has 0 saturated carbocycles. The molecule has 0 spiro atoms. The standard InChI is InChI=1S/C11H12N6O2S/c1-3-13-11-15-7(2)9(17(18)19)10(16-11)20-8-4-5-12-6-14-8/h4-6H,3H2,1-2H3,(H,13,15,16). The zero-order chi connectivity index (χ0) is 14.5. The first-order valence-corrected chi connectivity index (χ1v) is 6.64. The lowest BCUT2D eigenvalue weighted by Gasteiger charge is -2.07. The van der Waals surface area contributed by atoms with Gasteiger partial charge in [0.1, 0.15) is 17.0 Å². The number of aryl methyl sites for hydroxylation is 1. The Morgan fingerprint density at radius 3 is 2.85 bits per heavy atom. The van der Waals surface area contributed by atoms with Gasteiger partial charge in [0.2, 0.25) is 5.95 Å². The van der Waals surface area contributed by atoms with E-state index in [1.54, 1.807) is 19.2 Å². The van der Waals surface area contributed by atoms with Gasteiger partial charge in [-0.25, -0.2) is 15.0 Å². The average molecular weight is 292 g/mol. The van der Waals surface area contributed by atoms with Gasteiger partial charge in [0.15, 0.2) is 5.03 Å². The predicted octanol–water partition coefficient (Wildman–Crippen LogP) is 2.07. The summed E-state index contributed by atoms with van der Waals surface area (Å²) >= 11 is 1.11. The molecular formula is C11H12N6O2S. The fourth-order valence-electron chi connectivity index (χ4n) is 1.50. The molecule has 0 aliphatic heterocycles.